The normalized spacial score (nSPS) is 36.7. The summed E-state index contributed by atoms with van der Waals surface area (Å²) in [6, 6.07) is 0. The van der Waals surface area contributed by atoms with Crippen LogP contribution in [0.15, 0.2) is 0 Å². The van der Waals surface area contributed by atoms with Gasteiger partial charge in [0.2, 0.25) is 0 Å². The van der Waals surface area contributed by atoms with Gasteiger partial charge in [-0.15, -0.1) is 0 Å². The summed E-state index contributed by atoms with van der Waals surface area (Å²) in [5.41, 5.74) is -8.81. The zero-order valence-corrected chi connectivity index (χ0v) is 25.2. The molecule has 0 N–H and O–H groups in total. The van der Waals surface area contributed by atoms with Gasteiger partial charge in [-0.2, -0.15) is 0 Å². The summed E-state index contributed by atoms with van der Waals surface area (Å²) in [6.45, 7) is 6.05. The highest BCUT2D eigenvalue weighted by Gasteiger charge is 2.53. The van der Waals surface area contributed by atoms with Crippen LogP contribution in [-0.2, 0) is 19.2 Å². The molecule has 0 unspecified atom stereocenters. The molecule has 0 bridgehead atoms. The summed E-state index contributed by atoms with van der Waals surface area (Å²) in [5.74, 6) is -3.25. The Bertz CT molecular complexity index is 1020. The lowest BCUT2D eigenvalue weighted by atomic mass is 9.58. The maximum Gasteiger partial charge on any atom is 0.177 e. The van der Waals surface area contributed by atoms with Gasteiger partial charge in [-0.3, -0.25) is 19.2 Å². The zero-order chi connectivity index (χ0) is 30.3. The van der Waals surface area contributed by atoms with Crippen molar-refractivity contribution in [3.63, 3.8) is 0 Å². The first-order chi connectivity index (χ1) is 18.9. The molecule has 4 saturated carbocycles. The first-order valence-electron chi connectivity index (χ1n) is 15.8. The fourth-order valence-corrected chi connectivity index (χ4v) is 7.87. The van der Waals surface area contributed by atoms with E-state index in [-0.39, 0.29) is 68.1 Å². The summed E-state index contributed by atoms with van der Waals surface area (Å²) < 4.78 is 61.8. The third-order valence-corrected chi connectivity index (χ3v) is 11.6. The Hall–Kier alpha value is -1.60. The summed E-state index contributed by atoms with van der Waals surface area (Å²) in [6.07, 6.45) is 3.30. The minimum Gasteiger partial charge on any atom is -0.296 e. The second-order valence-electron chi connectivity index (χ2n) is 15.1. The van der Waals surface area contributed by atoms with Crippen molar-refractivity contribution in [2.24, 2.45) is 16.7 Å². The second-order valence-corrected chi connectivity index (χ2v) is 15.1. The minimum absolute atomic E-state index is 0.0155. The zero-order valence-electron chi connectivity index (χ0n) is 25.2. The molecular weight excluding hydrogens is 536 g/mol. The Morgan fingerprint density at radius 3 is 1.24 bits per heavy atom. The second kappa shape index (κ2) is 11.5. The maximum absolute atomic E-state index is 15.8. The monoisotopic (exact) mass is 584 g/mol. The predicted molar refractivity (Wildman–Crippen MR) is 148 cm³/mol. The predicted octanol–water partition coefficient (Wildman–Crippen LogP) is 8.21. The Labute approximate surface area is 242 Å². The third-order valence-electron chi connectivity index (χ3n) is 11.6. The van der Waals surface area contributed by atoms with Gasteiger partial charge in [0.1, 0.15) is 0 Å². The topological polar surface area (TPSA) is 68.3 Å². The van der Waals surface area contributed by atoms with Crippen LogP contribution in [0, 0.1) is 16.7 Å². The first kappa shape index (κ1) is 32.3. The van der Waals surface area contributed by atoms with Gasteiger partial charge < -0.3 is 0 Å². The molecule has 4 rings (SSSR count). The van der Waals surface area contributed by atoms with Crippen LogP contribution in [-0.4, -0.2) is 45.8 Å². The van der Waals surface area contributed by atoms with Crippen molar-refractivity contribution in [1.29, 1.82) is 0 Å². The molecule has 0 saturated heterocycles. The molecule has 4 aliphatic carbocycles. The van der Waals surface area contributed by atoms with Gasteiger partial charge in [0.05, 0.1) is 12.8 Å². The van der Waals surface area contributed by atoms with Crippen molar-refractivity contribution in [2.75, 3.05) is 0 Å². The third kappa shape index (κ3) is 6.82. The van der Waals surface area contributed by atoms with Crippen molar-refractivity contribution < 1.29 is 36.7 Å². The highest BCUT2D eigenvalue weighted by Crippen LogP contribution is 2.53. The van der Waals surface area contributed by atoms with Crippen LogP contribution >= 0.6 is 0 Å². The number of hydrogen-bond acceptors (Lipinski definition) is 4. The number of alkyl halides is 4. The standard InChI is InChI=1S/C33H48F4O4/c1-28(2)13-17-32(36,18-14-28)26(40)22-27(41)33(37)19-15-29(3,16-20-33)23-7-11-31(35,12-8-23)25(39)21-24(38)30(34)9-5-4-6-10-30/h23H,4-22H2,1-3H3. The van der Waals surface area contributed by atoms with Crippen molar-refractivity contribution in [3.05, 3.63) is 0 Å². The lowest BCUT2D eigenvalue weighted by molar-refractivity contribution is -0.146. The fraction of sp³-hybridized carbons (Fsp3) is 0.879. The molecule has 4 nitrogen and oxygen atoms in total. The highest BCUT2D eigenvalue weighted by molar-refractivity contribution is 6.07. The van der Waals surface area contributed by atoms with E-state index in [0.717, 1.165) is 6.42 Å². The molecule has 0 radical (unpaired) electrons. The molecule has 0 aliphatic heterocycles. The van der Waals surface area contributed by atoms with Gasteiger partial charge in [-0.25, -0.2) is 17.6 Å². The smallest absolute Gasteiger partial charge is 0.177 e. The van der Waals surface area contributed by atoms with E-state index < -0.39 is 58.6 Å². The maximum atomic E-state index is 15.8. The molecule has 8 heteroatoms. The molecule has 232 valence electrons. The fourth-order valence-electron chi connectivity index (χ4n) is 7.87. The number of halogens is 4. The summed E-state index contributed by atoms with van der Waals surface area (Å²) in [7, 11) is 0. The van der Waals surface area contributed by atoms with Gasteiger partial charge in [0.15, 0.2) is 45.8 Å². The highest BCUT2D eigenvalue weighted by atomic mass is 19.2. The van der Waals surface area contributed by atoms with Crippen LogP contribution in [0.4, 0.5) is 17.6 Å². The largest absolute Gasteiger partial charge is 0.296 e. The number of carbonyl (C=O) groups excluding carboxylic acids is 4. The summed E-state index contributed by atoms with van der Waals surface area (Å²) in [4.78, 5) is 51.0. The lowest BCUT2D eigenvalue weighted by Crippen LogP contribution is -2.48. The van der Waals surface area contributed by atoms with Crippen molar-refractivity contribution in [3.8, 4) is 0 Å². The molecule has 0 spiro atoms. The van der Waals surface area contributed by atoms with Crippen LogP contribution in [0.1, 0.15) is 143 Å². The van der Waals surface area contributed by atoms with E-state index in [0.29, 0.717) is 51.4 Å². The Morgan fingerprint density at radius 1 is 0.488 bits per heavy atom. The van der Waals surface area contributed by atoms with E-state index in [1.807, 2.05) is 20.8 Å². The minimum atomic E-state index is -2.17. The number of rotatable bonds is 9. The molecule has 4 aliphatic rings. The lowest BCUT2D eigenvalue weighted by Gasteiger charge is -2.48. The quantitative estimate of drug-likeness (QED) is 0.202. The van der Waals surface area contributed by atoms with E-state index in [1.165, 1.54) is 0 Å². The van der Waals surface area contributed by atoms with Crippen molar-refractivity contribution >= 4 is 23.1 Å². The van der Waals surface area contributed by atoms with Crippen LogP contribution in [0.5, 0.6) is 0 Å². The van der Waals surface area contributed by atoms with Crippen molar-refractivity contribution in [2.45, 2.75) is 165 Å². The number of carbonyl (C=O) groups is 4. The summed E-state index contributed by atoms with van der Waals surface area (Å²) >= 11 is 0. The van der Waals surface area contributed by atoms with Crippen LogP contribution in [0.2, 0.25) is 0 Å². The van der Waals surface area contributed by atoms with Gasteiger partial charge in [0.25, 0.3) is 0 Å². The van der Waals surface area contributed by atoms with E-state index in [4.69, 9.17) is 0 Å². The molecular formula is C33H48F4O4. The van der Waals surface area contributed by atoms with E-state index in [9.17, 15) is 23.6 Å². The SMILES string of the molecule is CC1(C)CCC(F)(C(=O)CC(=O)C2(F)CCC(C)(C3CCC(F)(C(=O)CC(=O)C4(F)CCCCC4)CC3)CC2)CC1. The molecule has 0 heterocycles. The Balaban J connectivity index is 1.27. The molecule has 4 fully saturated rings. The average molecular weight is 585 g/mol. The molecule has 0 amide bonds. The van der Waals surface area contributed by atoms with Crippen molar-refractivity contribution in [1.82, 2.24) is 0 Å². The number of Topliss-reactive ketones (excluding diaryl/α,β-unsaturated/α-hetero) is 4. The van der Waals surface area contributed by atoms with Gasteiger partial charge >= 0.3 is 0 Å². The van der Waals surface area contributed by atoms with Crippen LogP contribution in [0.25, 0.3) is 0 Å². The Morgan fingerprint density at radius 2 is 0.829 bits per heavy atom. The van der Waals surface area contributed by atoms with Gasteiger partial charge in [-0.05, 0) is 119 Å². The summed E-state index contributed by atoms with van der Waals surface area (Å²) in [5, 5.41) is 0. The first-order valence-corrected chi connectivity index (χ1v) is 15.8. The Kier molecular flexibility index (Phi) is 9.05. The molecule has 0 aromatic carbocycles. The van der Waals surface area contributed by atoms with Gasteiger partial charge in [-0.1, -0.05) is 27.2 Å². The van der Waals surface area contributed by atoms with E-state index in [1.54, 1.807) is 0 Å². The van der Waals surface area contributed by atoms with Gasteiger partial charge in [0, 0.05) is 0 Å². The number of hydrogen-bond donors (Lipinski definition) is 0. The van der Waals surface area contributed by atoms with Crippen LogP contribution < -0.4 is 0 Å². The molecule has 41 heavy (non-hydrogen) atoms. The number of ketones is 4. The molecule has 0 aromatic rings. The molecule has 0 aromatic heterocycles. The average Bonchev–Trinajstić information content (AvgIpc) is 2.93. The molecule has 0 atom stereocenters. The van der Waals surface area contributed by atoms with E-state index >= 15 is 13.2 Å². The van der Waals surface area contributed by atoms with E-state index in [2.05, 4.69) is 0 Å². The van der Waals surface area contributed by atoms with Crippen LogP contribution in [0.3, 0.4) is 0 Å².